The van der Waals surface area contributed by atoms with Crippen LogP contribution < -0.4 is 11.1 Å². The van der Waals surface area contributed by atoms with Crippen LogP contribution in [0.15, 0.2) is 0 Å². The number of carbonyl (C=O) groups excluding carboxylic acids is 1. The van der Waals surface area contributed by atoms with Gasteiger partial charge in [0.15, 0.2) is 0 Å². The fraction of sp³-hybridized carbons (Fsp3) is 0.938. The molecule has 3 N–H and O–H groups in total. The van der Waals surface area contributed by atoms with Crippen molar-refractivity contribution < 1.29 is 4.79 Å². The van der Waals surface area contributed by atoms with Crippen LogP contribution in [-0.4, -0.2) is 19.0 Å². The molecule has 1 unspecified atom stereocenters. The van der Waals surface area contributed by atoms with E-state index in [1.807, 2.05) is 0 Å². The zero-order valence-electron chi connectivity index (χ0n) is 12.3. The molecular weight excluding hydrogens is 236 g/mol. The second kappa shape index (κ2) is 7.28. The van der Waals surface area contributed by atoms with E-state index in [2.05, 4.69) is 5.32 Å². The first kappa shape index (κ1) is 14.8. The molecule has 2 rings (SSSR count). The molecule has 0 aromatic rings. The van der Waals surface area contributed by atoms with E-state index in [9.17, 15) is 4.79 Å². The first-order valence-electron chi connectivity index (χ1n) is 8.25. The number of nitrogens with one attached hydrogen (secondary N) is 1. The number of rotatable bonds is 1. The van der Waals surface area contributed by atoms with Crippen molar-refractivity contribution in [2.75, 3.05) is 13.1 Å². The molecule has 2 fully saturated rings. The Morgan fingerprint density at radius 3 is 1.84 bits per heavy atom. The van der Waals surface area contributed by atoms with E-state index in [1.54, 1.807) is 0 Å². The van der Waals surface area contributed by atoms with Crippen LogP contribution in [0.4, 0.5) is 0 Å². The molecule has 1 aliphatic carbocycles. The van der Waals surface area contributed by atoms with Gasteiger partial charge in [-0.3, -0.25) is 4.79 Å². The summed E-state index contributed by atoms with van der Waals surface area (Å²) in [4.78, 5) is 11.7. The minimum Gasteiger partial charge on any atom is -0.369 e. The van der Waals surface area contributed by atoms with Crippen molar-refractivity contribution in [1.82, 2.24) is 5.32 Å². The molecule has 0 bridgehead atoms. The molecule has 1 spiro atoms. The Bertz CT molecular complexity index is 278. The standard InChI is InChI=1S/C16H30N2O/c17-15(19)14-12-18-13-16(14)10-8-6-4-2-1-3-5-7-9-11-16/h14,18H,1-13H2,(H2,17,19). The Labute approximate surface area is 117 Å². The zero-order chi connectivity index (χ0) is 13.6. The van der Waals surface area contributed by atoms with Crippen LogP contribution in [-0.2, 0) is 4.79 Å². The zero-order valence-corrected chi connectivity index (χ0v) is 12.3. The van der Waals surface area contributed by atoms with Gasteiger partial charge >= 0.3 is 0 Å². The highest BCUT2D eigenvalue weighted by Gasteiger charge is 2.44. The van der Waals surface area contributed by atoms with E-state index in [0.29, 0.717) is 0 Å². The third kappa shape index (κ3) is 3.95. The Balaban J connectivity index is 1.99. The van der Waals surface area contributed by atoms with Crippen LogP contribution in [0.25, 0.3) is 0 Å². The molecule has 0 aromatic carbocycles. The van der Waals surface area contributed by atoms with Crippen LogP contribution in [0.3, 0.4) is 0 Å². The normalized spacial score (nSPS) is 29.6. The predicted octanol–water partition coefficient (Wildman–Crippen LogP) is 2.98. The molecule has 1 heterocycles. The third-order valence-electron chi connectivity index (χ3n) is 5.26. The van der Waals surface area contributed by atoms with E-state index in [0.717, 1.165) is 13.1 Å². The first-order chi connectivity index (χ1) is 9.25. The third-order valence-corrected chi connectivity index (χ3v) is 5.26. The Morgan fingerprint density at radius 2 is 1.37 bits per heavy atom. The molecule has 1 atom stereocenters. The summed E-state index contributed by atoms with van der Waals surface area (Å²) in [5.41, 5.74) is 5.81. The lowest BCUT2D eigenvalue weighted by Gasteiger charge is -2.33. The monoisotopic (exact) mass is 266 g/mol. The van der Waals surface area contributed by atoms with E-state index >= 15 is 0 Å². The average Bonchev–Trinajstić information content (AvgIpc) is 2.78. The molecule has 1 aliphatic heterocycles. The molecule has 1 amide bonds. The largest absolute Gasteiger partial charge is 0.369 e. The van der Waals surface area contributed by atoms with Gasteiger partial charge in [-0.05, 0) is 18.3 Å². The summed E-state index contributed by atoms with van der Waals surface area (Å²) in [6, 6.07) is 0. The van der Waals surface area contributed by atoms with Crippen molar-refractivity contribution in [3.05, 3.63) is 0 Å². The van der Waals surface area contributed by atoms with E-state index < -0.39 is 0 Å². The highest BCUT2D eigenvalue weighted by atomic mass is 16.1. The smallest absolute Gasteiger partial charge is 0.222 e. The molecule has 1 saturated heterocycles. The molecule has 0 aromatic heterocycles. The molecule has 19 heavy (non-hydrogen) atoms. The van der Waals surface area contributed by atoms with Gasteiger partial charge in [0.2, 0.25) is 5.91 Å². The van der Waals surface area contributed by atoms with Gasteiger partial charge in [-0.25, -0.2) is 0 Å². The lowest BCUT2D eigenvalue weighted by atomic mass is 9.70. The van der Waals surface area contributed by atoms with Crippen LogP contribution in [0.1, 0.15) is 70.6 Å². The second-order valence-electron chi connectivity index (χ2n) is 6.63. The summed E-state index contributed by atoms with van der Waals surface area (Å²) in [6.07, 6.45) is 14.5. The molecule has 110 valence electrons. The maximum atomic E-state index is 11.7. The highest BCUT2D eigenvalue weighted by Crippen LogP contribution is 2.42. The average molecular weight is 266 g/mol. The molecule has 2 aliphatic rings. The summed E-state index contributed by atoms with van der Waals surface area (Å²) in [5.74, 6) is -0.0208. The summed E-state index contributed by atoms with van der Waals surface area (Å²) in [5, 5.41) is 3.43. The number of nitrogens with two attached hydrogens (primary N) is 1. The van der Waals surface area contributed by atoms with E-state index in [1.165, 1.54) is 70.6 Å². The van der Waals surface area contributed by atoms with Crippen molar-refractivity contribution in [3.63, 3.8) is 0 Å². The quantitative estimate of drug-likeness (QED) is 0.766. The van der Waals surface area contributed by atoms with Gasteiger partial charge in [0, 0.05) is 13.1 Å². The van der Waals surface area contributed by atoms with Gasteiger partial charge in [-0.1, -0.05) is 57.8 Å². The van der Waals surface area contributed by atoms with Gasteiger partial charge in [0.05, 0.1) is 5.92 Å². The molecular formula is C16H30N2O. The minimum absolute atomic E-state index is 0.0652. The maximum absolute atomic E-state index is 11.7. The van der Waals surface area contributed by atoms with Crippen molar-refractivity contribution in [2.45, 2.75) is 70.6 Å². The highest BCUT2D eigenvalue weighted by molar-refractivity contribution is 5.78. The van der Waals surface area contributed by atoms with Gasteiger partial charge < -0.3 is 11.1 Å². The Kier molecular flexibility index (Phi) is 5.68. The summed E-state index contributed by atoms with van der Waals surface area (Å²) in [7, 11) is 0. The Hall–Kier alpha value is -0.570. The predicted molar refractivity (Wildman–Crippen MR) is 78.8 cm³/mol. The first-order valence-corrected chi connectivity index (χ1v) is 8.25. The second-order valence-corrected chi connectivity index (χ2v) is 6.63. The van der Waals surface area contributed by atoms with Crippen LogP contribution in [0.5, 0.6) is 0 Å². The SMILES string of the molecule is NC(=O)C1CNCC12CCCCCCCCCCC2. The number of carbonyl (C=O) groups is 1. The lowest BCUT2D eigenvalue weighted by Crippen LogP contribution is -2.38. The number of hydrogen-bond acceptors (Lipinski definition) is 2. The number of hydrogen-bond donors (Lipinski definition) is 2. The topological polar surface area (TPSA) is 55.1 Å². The Morgan fingerprint density at radius 1 is 0.895 bits per heavy atom. The van der Waals surface area contributed by atoms with Crippen LogP contribution in [0.2, 0.25) is 0 Å². The molecule has 3 heteroatoms. The van der Waals surface area contributed by atoms with Crippen molar-refractivity contribution in [2.24, 2.45) is 17.1 Å². The van der Waals surface area contributed by atoms with Crippen molar-refractivity contribution in [3.8, 4) is 0 Å². The maximum Gasteiger partial charge on any atom is 0.222 e. The lowest BCUT2D eigenvalue weighted by molar-refractivity contribution is -0.124. The number of amides is 1. The number of primary amides is 1. The fourth-order valence-electron chi connectivity index (χ4n) is 4.05. The van der Waals surface area contributed by atoms with E-state index in [-0.39, 0.29) is 17.2 Å². The fourth-order valence-corrected chi connectivity index (χ4v) is 4.05. The van der Waals surface area contributed by atoms with Gasteiger partial charge in [0.1, 0.15) is 0 Å². The van der Waals surface area contributed by atoms with Crippen molar-refractivity contribution in [1.29, 1.82) is 0 Å². The molecule has 0 radical (unpaired) electrons. The molecule has 1 saturated carbocycles. The van der Waals surface area contributed by atoms with Crippen LogP contribution in [0, 0.1) is 11.3 Å². The summed E-state index contributed by atoms with van der Waals surface area (Å²) in [6.45, 7) is 1.80. The van der Waals surface area contributed by atoms with Crippen molar-refractivity contribution >= 4 is 5.91 Å². The van der Waals surface area contributed by atoms with Gasteiger partial charge in [0.25, 0.3) is 0 Å². The minimum atomic E-state index is -0.0860. The van der Waals surface area contributed by atoms with Gasteiger partial charge in [-0.2, -0.15) is 0 Å². The van der Waals surface area contributed by atoms with Gasteiger partial charge in [-0.15, -0.1) is 0 Å². The summed E-state index contributed by atoms with van der Waals surface area (Å²) < 4.78 is 0. The summed E-state index contributed by atoms with van der Waals surface area (Å²) >= 11 is 0. The van der Waals surface area contributed by atoms with Crippen LogP contribution >= 0.6 is 0 Å². The van der Waals surface area contributed by atoms with E-state index in [4.69, 9.17) is 5.73 Å². The molecule has 3 nitrogen and oxygen atoms in total.